The Kier molecular flexibility index (Phi) is 5.56. The fourth-order valence-electron chi connectivity index (χ4n) is 1.81. The highest BCUT2D eigenvalue weighted by atomic mass is 35.5. The number of hydrogen-bond donors (Lipinski definition) is 2. The van der Waals surface area contributed by atoms with Crippen LogP contribution in [-0.2, 0) is 0 Å². The minimum atomic E-state index is 0.322. The van der Waals surface area contributed by atoms with Crippen molar-refractivity contribution < 1.29 is 0 Å². The molecular weight excluding hydrogens is 243 g/mol. The predicted molar refractivity (Wildman–Crippen MR) is 71.1 cm³/mol. The van der Waals surface area contributed by atoms with Gasteiger partial charge in [0, 0.05) is 10.0 Å². The van der Waals surface area contributed by atoms with Gasteiger partial charge in [-0.05, 0) is 55.1 Å². The fourth-order valence-corrected chi connectivity index (χ4v) is 2.29. The SMILES string of the molecule is CC(CC(CN)CN)c1cc(Cl)ccc1Cl. The molecule has 4 N–H and O–H groups in total. The Morgan fingerprint density at radius 2 is 1.81 bits per heavy atom. The van der Waals surface area contributed by atoms with E-state index in [0.29, 0.717) is 29.9 Å². The Morgan fingerprint density at radius 3 is 2.38 bits per heavy atom. The minimum absolute atomic E-state index is 0.322. The van der Waals surface area contributed by atoms with Crippen molar-refractivity contribution in [3.05, 3.63) is 33.8 Å². The van der Waals surface area contributed by atoms with E-state index in [2.05, 4.69) is 6.92 Å². The van der Waals surface area contributed by atoms with Gasteiger partial charge in [-0.15, -0.1) is 0 Å². The molecule has 0 saturated heterocycles. The van der Waals surface area contributed by atoms with Crippen LogP contribution in [0.3, 0.4) is 0 Å². The second-order valence-corrected chi connectivity index (χ2v) is 4.98. The molecule has 0 radical (unpaired) electrons. The minimum Gasteiger partial charge on any atom is -0.330 e. The van der Waals surface area contributed by atoms with E-state index in [1.54, 1.807) is 6.07 Å². The van der Waals surface area contributed by atoms with Crippen molar-refractivity contribution in [2.75, 3.05) is 13.1 Å². The van der Waals surface area contributed by atoms with Crippen LogP contribution in [0.4, 0.5) is 0 Å². The Hall–Kier alpha value is -0.280. The maximum Gasteiger partial charge on any atom is 0.0441 e. The number of nitrogens with two attached hydrogens (primary N) is 2. The van der Waals surface area contributed by atoms with E-state index in [1.807, 2.05) is 12.1 Å². The van der Waals surface area contributed by atoms with Gasteiger partial charge in [0.05, 0.1) is 0 Å². The topological polar surface area (TPSA) is 52.0 Å². The van der Waals surface area contributed by atoms with Gasteiger partial charge in [-0.1, -0.05) is 30.1 Å². The first-order chi connectivity index (χ1) is 7.58. The highest BCUT2D eigenvalue weighted by Gasteiger charge is 2.15. The third-order valence-corrected chi connectivity index (χ3v) is 3.42. The standard InChI is InChI=1S/C12H18Cl2N2/c1-8(4-9(6-15)7-16)11-5-10(13)2-3-12(11)14/h2-3,5,8-9H,4,6-7,15-16H2,1H3. The van der Waals surface area contributed by atoms with Gasteiger partial charge in [0.2, 0.25) is 0 Å². The molecule has 0 aliphatic rings. The first kappa shape index (κ1) is 13.8. The van der Waals surface area contributed by atoms with Gasteiger partial charge in [-0.25, -0.2) is 0 Å². The largest absolute Gasteiger partial charge is 0.330 e. The van der Waals surface area contributed by atoms with Gasteiger partial charge in [0.25, 0.3) is 0 Å². The average molecular weight is 261 g/mol. The van der Waals surface area contributed by atoms with E-state index in [0.717, 1.165) is 17.0 Å². The second kappa shape index (κ2) is 6.45. The van der Waals surface area contributed by atoms with Crippen LogP contribution in [-0.4, -0.2) is 13.1 Å². The molecule has 1 aromatic carbocycles. The van der Waals surface area contributed by atoms with E-state index >= 15 is 0 Å². The third-order valence-electron chi connectivity index (χ3n) is 2.84. The third kappa shape index (κ3) is 3.63. The van der Waals surface area contributed by atoms with Crippen LogP contribution in [0.1, 0.15) is 24.8 Å². The van der Waals surface area contributed by atoms with E-state index in [-0.39, 0.29) is 0 Å². The van der Waals surface area contributed by atoms with Crippen LogP contribution < -0.4 is 11.5 Å². The van der Waals surface area contributed by atoms with Crippen molar-refractivity contribution >= 4 is 23.2 Å². The molecule has 1 aromatic rings. The van der Waals surface area contributed by atoms with Crippen molar-refractivity contribution in [3.8, 4) is 0 Å². The summed E-state index contributed by atoms with van der Waals surface area (Å²) in [6.07, 6.45) is 0.938. The van der Waals surface area contributed by atoms with E-state index < -0.39 is 0 Å². The molecule has 0 bridgehead atoms. The van der Waals surface area contributed by atoms with E-state index in [9.17, 15) is 0 Å². The fraction of sp³-hybridized carbons (Fsp3) is 0.500. The van der Waals surface area contributed by atoms with E-state index in [1.165, 1.54) is 0 Å². The van der Waals surface area contributed by atoms with Crippen molar-refractivity contribution in [3.63, 3.8) is 0 Å². The van der Waals surface area contributed by atoms with Crippen molar-refractivity contribution in [1.29, 1.82) is 0 Å². The highest BCUT2D eigenvalue weighted by molar-refractivity contribution is 6.33. The zero-order chi connectivity index (χ0) is 12.1. The van der Waals surface area contributed by atoms with Gasteiger partial charge in [-0.3, -0.25) is 0 Å². The van der Waals surface area contributed by atoms with Gasteiger partial charge in [0.1, 0.15) is 0 Å². The normalized spacial score (nSPS) is 13.1. The van der Waals surface area contributed by atoms with E-state index in [4.69, 9.17) is 34.7 Å². The number of rotatable bonds is 5. The first-order valence-corrected chi connectivity index (χ1v) is 6.19. The van der Waals surface area contributed by atoms with Crippen LogP contribution in [0.2, 0.25) is 10.0 Å². The molecule has 4 heteroatoms. The van der Waals surface area contributed by atoms with Crippen molar-refractivity contribution in [2.45, 2.75) is 19.3 Å². The summed E-state index contributed by atoms with van der Waals surface area (Å²) in [4.78, 5) is 0. The van der Waals surface area contributed by atoms with Crippen LogP contribution >= 0.6 is 23.2 Å². The zero-order valence-electron chi connectivity index (χ0n) is 9.42. The molecule has 0 fully saturated rings. The second-order valence-electron chi connectivity index (χ2n) is 4.14. The maximum absolute atomic E-state index is 6.14. The quantitative estimate of drug-likeness (QED) is 0.856. The predicted octanol–water partition coefficient (Wildman–Crippen LogP) is 3.02. The monoisotopic (exact) mass is 260 g/mol. The smallest absolute Gasteiger partial charge is 0.0441 e. The summed E-state index contributed by atoms with van der Waals surface area (Å²) in [6, 6.07) is 5.54. The molecule has 0 heterocycles. The van der Waals surface area contributed by atoms with Crippen LogP contribution in [0, 0.1) is 5.92 Å². The number of benzene rings is 1. The molecule has 16 heavy (non-hydrogen) atoms. The lowest BCUT2D eigenvalue weighted by Crippen LogP contribution is -2.24. The van der Waals surface area contributed by atoms with Gasteiger partial charge in [-0.2, -0.15) is 0 Å². The molecule has 0 aliphatic heterocycles. The summed E-state index contributed by atoms with van der Waals surface area (Å²) in [5, 5.41) is 1.47. The summed E-state index contributed by atoms with van der Waals surface area (Å²) >= 11 is 12.1. The molecule has 0 aliphatic carbocycles. The van der Waals surface area contributed by atoms with Gasteiger partial charge in [0.15, 0.2) is 0 Å². The highest BCUT2D eigenvalue weighted by Crippen LogP contribution is 2.31. The van der Waals surface area contributed by atoms with Crippen molar-refractivity contribution in [2.24, 2.45) is 17.4 Å². The summed E-state index contributed by atoms with van der Waals surface area (Å²) in [6.45, 7) is 3.34. The Morgan fingerprint density at radius 1 is 1.19 bits per heavy atom. The van der Waals surface area contributed by atoms with Crippen LogP contribution in [0.15, 0.2) is 18.2 Å². The summed E-state index contributed by atoms with van der Waals surface area (Å²) in [5.41, 5.74) is 12.3. The molecular formula is C12H18Cl2N2. The first-order valence-electron chi connectivity index (χ1n) is 5.43. The molecule has 0 aromatic heterocycles. The van der Waals surface area contributed by atoms with Crippen LogP contribution in [0.25, 0.3) is 0 Å². The van der Waals surface area contributed by atoms with Crippen LogP contribution in [0.5, 0.6) is 0 Å². The molecule has 0 spiro atoms. The Balaban J connectivity index is 2.79. The lowest BCUT2D eigenvalue weighted by molar-refractivity contribution is 0.465. The lowest BCUT2D eigenvalue weighted by atomic mass is 9.90. The maximum atomic E-state index is 6.14. The average Bonchev–Trinajstić information content (AvgIpc) is 2.28. The molecule has 1 unspecified atom stereocenters. The molecule has 0 amide bonds. The Labute approximate surface area is 107 Å². The van der Waals surface area contributed by atoms with Gasteiger partial charge >= 0.3 is 0 Å². The van der Waals surface area contributed by atoms with Crippen molar-refractivity contribution in [1.82, 2.24) is 0 Å². The lowest BCUT2D eigenvalue weighted by Gasteiger charge is -2.19. The number of halogens is 2. The summed E-state index contributed by atoms with van der Waals surface area (Å²) < 4.78 is 0. The summed E-state index contributed by atoms with van der Waals surface area (Å²) in [7, 11) is 0. The molecule has 1 rings (SSSR count). The molecule has 90 valence electrons. The molecule has 1 atom stereocenters. The Bertz CT molecular complexity index is 338. The zero-order valence-corrected chi connectivity index (χ0v) is 10.9. The molecule has 2 nitrogen and oxygen atoms in total. The molecule has 0 saturated carbocycles. The van der Waals surface area contributed by atoms with Gasteiger partial charge < -0.3 is 11.5 Å². The number of hydrogen-bond acceptors (Lipinski definition) is 2. The summed E-state index contributed by atoms with van der Waals surface area (Å²) in [5.74, 6) is 0.661.